The molecule has 23 heavy (non-hydrogen) atoms. The van der Waals surface area contributed by atoms with Crippen LogP contribution in [0.15, 0.2) is 30.3 Å². The van der Waals surface area contributed by atoms with Gasteiger partial charge in [-0.1, -0.05) is 6.07 Å². The predicted octanol–water partition coefficient (Wildman–Crippen LogP) is 2.79. The van der Waals surface area contributed by atoms with Gasteiger partial charge in [0, 0.05) is 25.1 Å². The lowest BCUT2D eigenvalue weighted by atomic mass is 10.2. The van der Waals surface area contributed by atoms with Crippen molar-refractivity contribution in [1.29, 1.82) is 0 Å². The Balaban J connectivity index is 1.49. The van der Waals surface area contributed by atoms with Crippen molar-refractivity contribution in [2.45, 2.75) is 19.3 Å². The molecule has 0 atom stereocenters. The van der Waals surface area contributed by atoms with Crippen molar-refractivity contribution in [2.75, 3.05) is 26.9 Å². The van der Waals surface area contributed by atoms with Crippen LogP contribution in [-0.4, -0.2) is 37.8 Å². The molecule has 0 saturated heterocycles. The van der Waals surface area contributed by atoms with Gasteiger partial charge < -0.3 is 14.8 Å². The van der Waals surface area contributed by atoms with Gasteiger partial charge in [-0.25, -0.2) is 4.98 Å². The molecule has 0 aliphatic heterocycles. The molecule has 122 valence electrons. The number of benzene rings is 1. The molecule has 0 radical (unpaired) electrons. The van der Waals surface area contributed by atoms with E-state index in [9.17, 15) is 4.79 Å². The first-order valence-electron chi connectivity index (χ1n) is 8.07. The summed E-state index contributed by atoms with van der Waals surface area (Å²) < 4.78 is 10.7. The highest BCUT2D eigenvalue weighted by atomic mass is 16.5. The number of amides is 1. The maximum atomic E-state index is 12.1. The third-order valence-electron chi connectivity index (χ3n) is 3.93. The zero-order valence-corrected chi connectivity index (χ0v) is 13.4. The first-order valence-corrected chi connectivity index (χ1v) is 8.07. The van der Waals surface area contributed by atoms with Gasteiger partial charge in [-0.3, -0.25) is 4.79 Å². The summed E-state index contributed by atoms with van der Waals surface area (Å²) in [6, 6.07) is 9.23. The minimum atomic E-state index is -0.148. The Labute approximate surface area is 136 Å². The molecule has 1 fully saturated rings. The summed E-state index contributed by atoms with van der Waals surface area (Å²) >= 11 is 0. The van der Waals surface area contributed by atoms with Crippen molar-refractivity contribution in [3.8, 4) is 5.75 Å². The maximum absolute atomic E-state index is 12.1. The first-order chi connectivity index (χ1) is 11.3. The molecule has 0 bridgehead atoms. The van der Waals surface area contributed by atoms with E-state index in [1.54, 1.807) is 13.2 Å². The normalized spacial score (nSPS) is 14.0. The molecular formula is C18H22N2O3. The lowest BCUT2D eigenvalue weighted by Crippen LogP contribution is -2.26. The van der Waals surface area contributed by atoms with E-state index in [-0.39, 0.29) is 5.91 Å². The Morgan fingerprint density at radius 2 is 2.17 bits per heavy atom. The number of methoxy groups -OCH3 is 1. The van der Waals surface area contributed by atoms with E-state index in [1.165, 1.54) is 12.8 Å². The quantitative estimate of drug-likeness (QED) is 0.761. The third kappa shape index (κ3) is 4.42. The van der Waals surface area contributed by atoms with Crippen LogP contribution in [0.2, 0.25) is 0 Å². The van der Waals surface area contributed by atoms with Crippen molar-refractivity contribution >= 4 is 16.8 Å². The summed E-state index contributed by atoms with van der Waals surface area (Å²) in [5.41, 5.74) is 1.22. The number of fused-ring (bicyclic) bond motifs is 1. The predicted molar refractivity (Wildman–Crippen MR) is 88.8 cm³/mol. The van der Waals surface area contributed by atoms with Crippen LogP contribution in [0, 0.1) is 5.92 Å². The molecule has 5 heteroatoms. The largest absolute Gasteiger partial charge is 0.497 e. The minimum Gasteiger partial charge on any atom is -0.497 e. The van der Waals surface area contributed by atoms with E-state index in [1.807, 2.05) is 24.3 Å². The molecule has 1 amide bonds. The fraction of sp³-hybridized carbons (Fsp3) is 0.444. The van der Waals surface area contributed by atoms with Gasteiger partial charge in [0.05, 0.1) is 12.6 Å². The molecule has 1 aromatic heterocycles. The van der Waals surface area contributed by atoms with E-state index in [4.69, 9.17) is 9.47 Å². The molecule has 1 saturated carbocycles. The second-order valence-electron chi connectivity index (χ2n) is 5.88. The van der Waals surface area contributed by atoms with E-state index < -0.39 is 0 Å². The highest BCUT2D eigenvalue weighted by molar-refractivity contribution is 5.95. The Morgan fingerprint density at radius 1 is 1.30 bits per heavy atom. The van der Waals surface area contributed by atoms with Crippen LogP contribution in [0.25, 0.3) is 10.9 Å². The highest BCUT2D eigenvalue weighted by Gasteiger charge is 2.20. The number of carbonyl (C=O) groups is 1. The second kappa shape index (κ2) is 7.42. The van der Waals surface area contributed by atoms with Crippen molar-refractivity contribution in [3.63, 3.8) is 0 Å². The van der Waals surface area contributed by atoms with Gasteiger partial charge in [0.1, 0.15) is 11.4 Å². The lowest BCUT2D eigenvalue weighted by Gasteiger charge is -2.07. The maximum Gasteiger partial charge on any atom is 0.269 e. The van der Waals surface area contributed by atoms with Crippen LogP contribution in [0.3, 0.4) is 0 Å². The van der Waals surface area contributed by atoms with Crippen molar-refractivity contribution in [1.82, 2.24) is 10.3 Å². The Hall–Kier alpha value is -2.14. The van der Waals surface area contributed by atoms with Crippen LogP contribution >= 0.6 is 0 Å². The average Bonchev–Trinajstić information content (AvgIpc) is 3.41. The van der Waals surface area contributed by atoms with Gasteiger partial charge in [-0.05, 0) is 49.4 Å². The average molecular weight is 314 g/mol. The Morgan fingerprint density at radius 3 is 2.96 bits per heavy atom. The first kappa shape index (κ1) is 15.7. The molecule has 1 aliphatic carbocycles. The van der Waals surface area contributed by atoms with Gasteiger partial charge >= 0.3 is 0 Å². The number of nitrogens with one attached hydrogen (secondary N) is 1. The highest BCUT2D eigenvalue weighted by Crippen LogP contribution is 2.28. The van der Waals surface area contributed by atoms with E-state index >= 15 is 0 Å². The number of hydrogen-bond donors (Lipinski definition) is 1. The number of rotatable bonds is 8. The zero-order chi connectivity index (χ0) is 16.1. The van der Waals surface area contributed by atoms with Crippen molar-refractivity contribution in [2.24, 2.45) is 5.92 Å². The van der Waals surface area contributed by atoms with Crippen LogP contribution in [-0.2, 0) is 4.74 Å². The number of hydrogen-bond acceptors (Lipinski definition) is 4. The minimum absolute atomic E-state index is 0.148. The SMILES string of the molecule is COc1ccc2nc(C(=O)NCCCOCC3CC3)ccc2c1. The summed E-state index contributed by atoms with van der Waals surface area (Å²) in [7, 11) is 1.63. The topological polar surface area (TPSA) is 60.5 Å². The third-order valence-corrected chi connectivity index (χ3v) is 3.93. The Bertz CT molecular complexity index is 683. The van der Waals surface area contributed by atoms with E-state index in [0.717, 1.165) is 35.6 Å². The number of pyridine rings is 1. The molecule has 3 rings (SSSR count). The summed E-state index contributed by atoms with van der Waals surface area (Å²) in [5, 5.41) is 3.84. The molecule has 0 spiro atoms. The van der Waals surface area contributed by atoms with Crippen LogP contribution in [0.1, 0.15) is 29.8 Å². The van der Waals surface area contributed by atoms with Crippen molar-refractivity contribution in [3.05, 3.63) is 36.0 Å². The molecule has 1 N–H and O–H groups in total. The van der Waals surface area contributed by atoms with Crippen LogP contribution in [0.4, 0.5) is 0 Å². The number of aromatic nitrogens is 1. The van der Waals surface area contributed by atoms with Gasteiger partial charge in [0.25, 0.3) is 5.91 Å². The fourth-order valence-electron chi connectivity index (χ4n) is 2.36. The van der Waals surface area contributed by atoms with Crippen molar-refractivity contribution < 1.29 is 14.3 Å². The van der Waals surface area contributed by atoms with Gasteiger partial charge in [-0.15, -0.1) is 0 Å². The molecule has 1 heterocycles. The molecule has 0 unspecified atom stereocenters. The number of carbonyl (C=O) groups excluding carboxylic acids is 1. The van der Waals surface area contributed by atoms with E-state index in [2.05, 4.69) is 10.3 Å². The van der Waals surface area contributed by atoms with Gasteiger partial charge in [-0.2, -0.15) is 0 Å². The monoisotopic (exact) mass is 314 g/mol. The standard InChI is InChI=1S/C18H22N2O3/c1-22-15-6-8-16-14(11-15)5-7-17(20-16)18(21)19-9-2-10-23-12-13-3-4-13/h5-8,11,13H,2-4,9-10,12H2,1H3,(H,19,21). The second-order valence-corrected chi connectivity index (χ2v) is 5.88. The summed E-state index contributed by atoms with van der Waals surface area (Å²) in [4.78, 5) is 16.5. The number of ether oxygens (including phenoxy) is 2. The van der Waals surface area contributed by atoms with Gasteiger partial charge in [0.2, 0.25) is 0 Å². The molecular weight excluding hydrogens is 292 g/mol. The number of nitrogens with zero attached hydrogens (tertiary/aromatic N) is 1. The summed E-state index contributed by atoms with van der Waals surface area (Å²) in [6.45, 7) is 2.16. The van der Waals surface area contributed by atoms with Crippen LogP contribution in [0.5, 0.6) is 5.75 Å². The summed E-state index contributed by atoms with van der Waals surface area (Å²) in [5.74, 6) is 1.41. The molecule has 1 aromatic carbocycles. The Kier molecular flexibility index (Phi) is 5.08. The fourth-order valence-corrected chi connectivity index (χ4v) is 2.36. The van der Waals surface area contributed by atoms with Gasteiger partial charge in [0.15, 0.2) is 0 Å². The summed E-state index contributed by atoms with van der Waals surface area (Å²) in [6.07, 6.45) is 3.43. The lowest BCUT2D eigenvalue weighted by molar-refractivity contribution is 0.0933. The molecule has 1 aliphatic rings. The molecule has 2 aromatic rings. The smallest absolute Gasteiger partial charge is 0.269 e. The van der Waals surface area contributed by atoms with Crippen LogP contribution < -0.4 is 10.1 Å². The van der Waals surface area contributed by atoms with E-state index in [0.29, 0.717) is 18.8 Å². The zero-order valence-electron chi connectivity index (χ0n) is 13.4. The molecule has 5 nitrogen and oxygen atoms in total.